The molecule has 0 unspecified atom stereocenters. The van der Waals surface area contributed by atoms with Crippen molar-refractivity contribution in [3.05, 3.63) is 95.8 Å². The fourth-order valence-electron chi connectivity index (χ4n) is 3.42. The van der Waals surface area contributed by atoms with Gasteiger partial charge in [-0.15, -0.1) is 12.4 Å². The Balaban J connectivity index is 0.00000385. The zero-order valence-corrected chi connectivity index (χ0v) is 21.2. The summed E-state index contributed by atoms with van der Waals surface area (Å²) in [6.07, 6.45) is 8.20. The first-order valence-corrected chi connectivity index (χ1v) is 11.1. The maximum Gasteiger partial charge on any atom is 0.120 e. The Kier molecular flexibility index (Phi) is 9.85. The quantitative estimate of drug-likeness (QED) is 0.341. The summed E-state index contributed by atoms with van der Waals surface area (Å²) in [5.74, 6) is 7.24. The minimum Gasteiger partial charge on any atom is -0.489 e. The van der Waals surface area contributed by atoms with Gasteiger partial charge in [0.2, 0.25) is 0 Å². The number of nitrogens with zero attached hydrogens (tertiary/aromatic N) is 2. The first-order valence-electron chi connectivity index (χ1n) is 11.1. The number of hydrogen-bond donors (Lipinski definition) is 0. The molecule has 3 rings (SSSR count). The molecule has 1 heterocycles. The smallest absolute Gasteiger partial charge is 0.120 e. The van der Waals surface area contributed by atoms with Gasteiger partial charge in [-0.05, 0) is 87.8 Å². The van der Waals surface area contributed by atoms with Crippen molar-refractivity contribution in [3.63, 3.8) is 0 Å². The molecule has 0 radical (unpaired) electrons. The molecule has 1 aromatic heterocycles. The maximum absolute atomic E-state index is 6.15. The van der Waals surface area contributed by atoms with Gasteiger partial charge in [0.1, 0.15) is 12.4 Å². The van der Waals surface area contributed by atoms with E-state index in [1.807, 2.05) is 24.3 Å². The molecule has 174 valence electrons. The third-order valence-electron chi connectivity index (χ3n) is 5.11. The van der Waals surface area contributed by atoms with Crippen molar-refractivity contribution >= 4 is 12.4 Å². The summed E-state index contributed by atoms with van der Waals surface area (Å²) >= 11 is 0. The van der Waals surface area contributed by atoms with E-state index in [0.29, 0.717) is 6.61 Å². The average Bonchev–Trinajstić information content (AvgIpc) is 3.27. The lowest BCUT2D eigenvalue weighted by molar-refractivity contribution is 0.303. The number of rotatable bonds is 8. The molecule has 0 amide bonds. The predicted molar refractivity (Wildman–Crippen MR) is 141 cm³/mol. The van der Waals surface area contributed by atoms with E-state index in [-0.39, 0.29) is 17.8 Å². The van der Waals surface area contributed by atoms with Gasteiger partial charge in [0.25, 0.3) is 0 Å². The van der Waals surface area contributed by atoms with Crippen LogP contribution >= 0.6 is 12.4 Å². The molecular weight excluding hydrogens is 428 g/mol. The van der Waals surface area contributed by atoms with Crippen molar-refractivity contribution in [2.75, 3.05) is 13.6 Å². The summed E-state index contributed by atoms with van der Waals surface area (Å²) in [5, 5.41) is 0. The van der Waals surface area contributed by atoms with E-state index in [2.05, 4.69) is 111 Å². The number of benzene rings is 2. The van der Waals surface area contributed by atoms with E-state index >= 15 is 0 Å². The molecule has 3 aromatic rings. The van der Waals surface area contributed by atoms with Gasteiger partial charge in [-0.2, -0.15) is 0 Å². The Morgan fingerprint density at radius 3 is 2.48 bits per heavy atom. The van der Waals surface area contributed by atoms with Crippen molar-refractivity contribution in [1.29, 1.82) is 0 Å². The van der Waals surface area contributed by atoms with E-state index in [1.165, 1.54) is 22.4 Å². The lowest BCUT2D eigenvalue weighted by atomic mass is 9.98. The zero-order valence-electron chi connectivity index (χ0n) is 20.3. The van der Waals surface area contributed by atoms with E-state index in [9.17, 15) is 0 Å². The molecule has 0 saturated carbocycles. The molecule has 0 fully saturated rings. The van der Waals surface area contributed by atoms with Crippen molar-refractivity contribution < 1.29 is 4.74 Å². The van der Waals surface area contributed by atoms with Crippen molar-refractivity contribution in [2.45, 2.75) is 40.8 Å². The first-order chi connectivity index (χ1) is 15.3. The summed E-state index contributed by atoms with van der Waals surface area (Å²) in [7, 11) is 2.12. The molecule has 3 nitrogen and oxygen atoms in total. The standard InChI is InChI=1S/C29H34N2O.ClH/c1-24-26(14-12-16-28(24)31-19-9-10-20-31)23-32-27-15-11-13-25(21-27)22-30(5)18-8-6-7-17-29(2,3)4;/h6,8-16,19-21H,18,22-23H2,1-5H3;1H/b8-6+;. The molecule has 4 heteroatoms. The third kappa shape index (κ3) is 8.50. The van der Waals surface area contributed by atoms with Crippen LogP contribution in [0.5, 0.6) is 5.75 Å². The van der Waals surface area contributed by atoms with Crippen LogP contribution in [0.1, 0.15) is 37.5 Å². The van der Waals surface area contributed by atoms with Crippen LogP contribution in [0.2, 0.25) is 0 Å². The highest BCUT2D eigenvalue weighted by Gasteiger charge is 2.07. The van der Waals surface area contributed by atoms with E-state index in [1.54, 1.807) is 0 Å². The number of halogens is 1. The van der Waals surface area contributed by atoms with Crippen LogP contribution in [-0.4, -0.2) is 23.1 Å². The van der Waals surface area contributed by atoms with Crippen LogP contribution in [0.3, 0.4) is 0 Å². The SMILES string of the molecule is Cc1c(COc2cccc(CN(C)C/C=C/C#CC(C)(C)C)c2)cccc1-n1cccc1.Cl. The largest absolute Gasteiger partial charge is 0.489 e. The topological polar surface area (TPSA) is 17.4 Å². The van der Waals surface area contributed by atoms with Crippen LogP contribution in [0.4, 0.5) is 0 Å². The Labute approximate surface area is 205 Å². The molecule has 33 heavy (non-hydrogen) atoms. The molecule has 0 spiro atoms. The molecule has 0 bridgehead atoms. The molecular formula is C29H35ClN2O. The van der Waals surface area contributed by atoms with E-state index in [0.717, 1.165) is 18.8 Å². The molecule has 0 N–H and O–H groups in total. The van der Waals surface area contributed by atoms with Crippen LogP contribution in [0, 0.1) is 24.2 Å². The van der Waals surface area contributed by atoms with Crippen LogP contribution < -0.4 is 4.74 Å². The number of hydrogen-bond acceptors (Lipinski definition) is 2. The van der Waals surface area contributed by atoms with Gasteiger partial charge in [0.15, 0.2) is 0 Å². The Bertz CT molecular complexity index is 1100. The Hall–Kier alpha value is -2.93. The highest BCUT2D eigenvalue weighted by atomic mass is 35.5. The minimum atomic E-state index is 0. The highest BCUT2D eigenvalue weighted by molar-refractivity contribution is 5.85. The number of ether oxygens (including phenoxy) is 1. The molecule has 0 aliphatic carbocycles. The predicted octanol–water partition coefficient (Wildman–Crippen LogP) is 6.82. The summed E-state index contributed by atoms with van der Waals surface area (Å²) in [5.41, 5.74) is 4.89. The second-order valence-corrected chi connectivity index (χ2v) is 9.21. The molecule has 0 atom stereocenters. The maximum atomic E-state index is 6.15. The summed E-state index contributed by atoms with van der Waals surface area (Å²) in [4.78, 5) is 2.26. The van der Waals surface area contributed by atoms with Gasteiger partial charge in [-0.1, -0.05) is 42.2 Å². The number of aromatic nitrogens is 1. The van der Waals surface area contributed by atoms with Crippen LogP contribution in [-0.2, 0) is 13.2 Å². The zero-order chi connectivity index (χ0) is 23.0. The fourth-order valence-corrected chi connectivity index (χ4v) is 3.42. The Morgan fingerprint density at radius 2 is 1.76 bits per heavy atom. The normalized spacial score (nSPS) is 11.2. The van der Waals surface area contributed by atoms with Gasteiger partial charge >= 0.3 is 0 Å². The highest BCUT2D eigenvalue weighted by Crippen LogP contribution is 2.21. The second kappa shape index (κ2) is 12.3. The summed E-state index contributed by atoms with van der Waals surface area (Å²) < 4.78 is 8.29. The van der Waals surface area contributed by atoms with Gasteiger partial charge < -0.3 is 9.30 Å². The summed E-state index contributed by atoms with van der Waals surface area (Å²) in [6, 6.07) is 18.8. The van der Waals surface area contributed by atoms with Gasteiger partial charge in [-0.3, -0.25) is 4.90 Å². The van der Waals surface area contributed by atoms with Crippen molar-refractivity contribution in [3.8, 4) is 23.3 Å². The minimum absolute atomic E-state index is 0. The van der Waals surface area contributed by atoms with Crippen molar-refractivity contribution in [2.24, 2.45) is 5.41 Å². The number of allylic oxidation sites excluding steroid dienone is 1. The van der Waals surface area contributed by atoms with Gasteiger partial charge in [0.05, 0.1) is 0 Å². The lowest BCUT2D eigenvalue weighted by Gasteiger charge is -2.16. The van der Waals surface area contributed by atoms with E-state index < -0.39 is 0 Å². The molecule has 2 aromatic carbocycles. The average molecular weight is 463 g/mol. The van der Waals surface area contributed by atoms with Crippen LogP contribution in [0.25, 0.3) is 5.69 Å². The first kappa shape index (κ1) is 26.3. The molecule has 0 aliphatic rings. The van der Waals surface area contributed by atoms with E-state index in [4.69, 9.17) is 4.74 Å². The third-order valence-corrected chi connectivity index (χ3v) is 5.11. The summed E-state index contributed by atoms with van der Waals surface area (Å²) in [6.45, 7) is 10.8. The van der Waals surface area contributed by atoms with Gasteiger partial charge in [-0.25, -0.2) is 0 Å². The fraction of sp³-hybridized carbons (Fsp3) is 0.310. The van der Waals surface area contributed by atoms with Crippen molar-refractivity contribution in [1.82, 2.24) is 9.47 Å². The Morgan fingerprint density at radius 1 is 1.03 bits per heavy atom. The molecule has 0 saturated heterocycles. The number of likely N-dealkylation sites (N-methyl/N-ethyl adjacent to an activating group) is 1. The second-order valence-electron chi connectivity index (χ2n) is 9.21. The van der Waals surface area contributed by atoms with Gasteiger partial charge in [0, 0.05) is 36.6 Å². The monoisotopic (exact) mass is 462 g/mol. The lowest BCUT2D eigenvalue weighted by Crippen LogP contribution is -2.17. The molecule has 0 aliphatic heterocycles. The van der Waals surface area contributed by atoms with Crippen LogP contribution in [0.15, 0.2) is 79.1 Å².